The summed E-state index contributed by atoms with van der Waals surface area (Å²) in [4.78, 5) is 33.8. The van der Waals surface area contributed by atoms with Crippen molar-refractivity contribution in [1.29, 1.82) is 0 Å². The van der Waals surface area contributed by atoms with Crippen molar-refractivity contribution in [3.05, 3.63) is 66.0 Å². The number of likely N-dealkylation sites (N-methyl/N-ethyl adjacent to an activating group) is 1. The van der Waals surface area contributed by atoms with E-state index in [0.29, 0.717) is 5.69 Å². The quantitative estimate of drug-likeness (QED) is 0.824. The molecule has 4 rings (SSSR count). The zero-order chi connectivity index (χ0) is 19.6. The van der Waals surface area contributed by atoms with Gasteiger partial charge in [-0.2, -0.15) is 0 Å². The number of rotatable bonds is 3. The minimum atomic E-state index is -0.0760. The molecule has 0 radical (unpaired) electrons. The number of nitrogens with zero attached hydrogens (tertiary/aromatic N) is 3. The summed E-state index contributed by atoms with van der Waals surface area (Å²) in [7, 11) is 0. The van der Waals surface area contributed by atoms with Crippen molar-refractivity contribution in [2.75, 3.05) is 26.2 Å². The van der Waals surface area contributed by atoms with E-state index in [1.807, 2.05) is 40.1 Å². The Balaban J connectivity index is 1.50. The molecule has 28 heavy (non-hydrogen) atoms. The lowest BCUT2D eigenvalue weighted by molar-refractivity contribution is -0.141. The Morgan fingerprint density at radius 3 is 2.46 bits per heavy atom. The Hall–Kier alpha value is -2.69. The van der Waals surface area contributed by atoms with Crippen molar-refractivity contribution in [2.24, 2.45) is 5.41 Å². The van der Waals surface area contributed by atoms with Crippen LogP contribution in [0.15, 0.2) is 54.7 Å². The average Bonchev–Trinajstić information content (AvgIpc) is 2.76. The zero-order valence-electron chi connectivity index (χ0n) is 16.4. The molecule has 2 saturated heterocycles. The number of benzene rings is 1. The summed E-state index contributed by atoms with van der Waals surface area (Å²) in [5.41, 5.74) is 1.71. The Labute approximate surface area is 166 Å². The maximum absolute atomic E-state index is 13.0. The number of aromatic nitrogens is 1. The maximum atomic E-state index is 13.0. The molecule has 5 heteroatoms. The van der Waals surface area contributed by atoms with Crippen molar-refractivity contribution in [3.8, 4) is 0 Å². The summed E-state index contributed by atoms with van der Waals surface area (Å²) in [6.07, 6.45) is 4.39. The molecule has 1 unspecified atom stereocenters. The van der Waals surface area contributed by atoms with Crippen LogP contribution in [0.4, 0.5) is 0 Å². The summed E-state index contributed by atoms with van der Waals surface area (Å²) in [5, 5.41) is 0. The first-order valence-corrected chi connectivity index (χ1v) is 10.2. The third-order valence-corrected chi connectivity index (χ3v) is 6.35. The summed E-state index contributed by atoms with van der Waals surface area (Å²) in [5.74, 6) is 0.175. The van der Waals surface area contributed by atoms with Crippen LogP contribution < -0.4 is 0 Å². The molecule has 1 spiro atoms. The van der Waals surface area contributed by atoms with E-state index in [2.05, 4.69) is 24.0 Å². The van der Waals surface area contributed by atoms with Gasteiger partial charge in [-0.25, -0.2) is 0 Å². The van der Waals surface area contributed by atoms with Crippen molar-refractivity contribution in [2.45, 2.75) is 32.1 Å². The minimum Gasteiger partial charge on any atom is -0.342 e. The third-order valence-electron chi connectivity index (χ3n) is 6.35. The highest BCUT2D eigenvalue weighted by Crippen LogP contribution is 2.45. The standard InChI is InChI=1S/C23H27N3O2/c1-2-25-17-23(16-19(21(25)27)18-8-4-3-5-9-18)11-14-26(15-12-23)22(28)20-10-6-7-13-24-20/h3-10,13,19H,2,11-12,14-17H2,1H3. The maximum Gasteiger partial charge on any atom is 0.272 e. The zero-order valence-corrected chi connectivity index (χ0v) is 16.4. The molecule has 3 heterocycles. The van der Waals surface area contributed by atoms with Gasteiger partial charge in [-0.3, -0.25) is 14.6 Å². The molecule has 1 aromatic heterocycles. The first-order chi connectivity index (χ1) is 13.6. The molecule has 0 bridgehead atoms. The van der Waals surface area contributed by atoms with Gasteiger partial charge in [0.05, 0.1) is 5.92 Å². The Morgan fingerprint density at radius 1 is 1.11 bits per heavy atom. The molecule has 1 aromatic carbocycles. The number of hydrogen-bond donors (Lipinski definition) is 0. The van der Waals surface area contributed by atoms with Gasteiger partial charge in [0.2, 0.25) is 5.91 Å². The molecule has 1 atom stereocenters. The smallest absolute Gasteiger partial charge is 0.272 e. The molecule has 2 fully saturated rings. The van der Waals surface area contributed by atoms with Gasteiger partial charge in [-0.05, 0) is 49.3 Å². The predicted octanol–water partition coefficient (Wildman–Crippen LogP) is 3.34. The van der Waals surface area contributed by atoms with Gasteiger partial charge in [0.15, 0.2) is 0 Å². The van der Waals surface area contributed by atoms with Gasteiger partial charge in [-0.1, -0.05) is 36.4 Å². The van der Waals surface area contributed by atoms with Crippen LogP contribution in [0, 0.1) is 5.41 Å². The minimum absolute atomic E-state index is 0.00860. The number of pyridine rings is 1. The molecule has 0 aliphatic carbocycles. The van der Waals surface area contributed by atoms with E-state index in [-0.39, 0.29) is 23.1 Å². The largest absolute Gasteiger partial charge is 0.342 e. The van der Waals surface area contributed by atoms with Gasteiger partial charge >= 0.3 is 0 Å². The second-order valence-electron chi connectivity index (χ2n) is 8.03. The van der Waals surface area contributed by atoms with Gasteiger partial charge in [0, 0.05) is 32.4 Å². The molecule has 146 valence electrons. The van der Waals surface area contributed by atoms with Crippen LogP contribution in [0.2, 0.25) is 0 Å². The molecule has 0 saturated carbocycles. The van der Waals surface area contributed by atoms with Crippen molar-refractivity contribution in [3.63, 3.8) is 0 Å². The second-order valence-corrected chi connectivity index (χ2v) is 8.03. The fourth-order valence-corrected chi connectivity index (χ4v) is 4.70. The summed E-state index contributed by atoms with van der Waals surface area (Å²) < 4.78 is 0. The number of carbonyl (C=O) groups is 2. The van der Waals surface area contributed by atoms with Crippen LogP contribution in [0.25, 0.3) is 0 Å². The number of piperidine rings is 2. The first kappa shape index (κ1) is 18.7. The van der Waals surface area contributed by atoms with E-state index in [9.17, 15) is 9.59 Å². The van der Waals surface area contributed by atoms with Crippen molar-refractivity contribution in [1.82, 2.24) is 14.8 Å². The topological polar surface area (TPSA) is 53.5 Å². The lowest BCUT2D eigenvalue weighted by atomic mass is 9.67. The molecule has 2 aliphatic rings. The van der Waals surface area contributed by atoms with Crippen LogP contribution in [0.1, 0.15) is 48.2 Å². The van der Waals surface area contributed by atoms with Gasteiger partial charge in [0.1, 0.15) is 5.69 Å². The third kappa shape index (κ3) is 3.53. The molecule has 5 nitrogen and oxygen atoms in total. The Bertz CT molecular complexity index is 829. The lowest BCUT2D eigenvalue weighted by Crippen LogP contribution is -2.54. The summed E-state index contributed by atoms with van der Waals surface area (Å²) in [6.45, 7) is 5.04. The van der Waals surface area contributed by atoms with Crippen LogP contribution in [0.5, 0.6) is 0 Å². The molecule has 2 aliphatic heterocycles. The lowest BCUT2D eigenvalue weighted by Gasteiger charge is -2.49. The van der Waals surface area contributed by atoms with Crippen LogP contribution in [-0.4, -0.2) is 52.8 Å². The first-order valence-electron chi connectivity index (χ1n) is 10.2. The number of hydrogen-bond acceptors (Lipinski definition) is 3. The van der Waals surface area contributed by atoms with E-state index in [1.165, 1.54) is 0 Å². The number of likely N-dealkylation sites (tertiary alicyclic amines) is 2. The van der Waals surface area contributed by atoms with Crippen LogP contribution in [-0.2, 0) is 4.79 Å². The van der Waals surface area contributed by atoms with E-state index in [0.717, 1.165) is 51.0 Å². The van der Waals surface area contributed by atoms with E-state index in [1.54, 1.807) is 12.3 Å². The average molecular weight is 377 g/mol. The molecular weight excluding hydrogens is 350 g/mol. The van der Waals surface area contributed by atoms with Crippen molar-refractivity contribution < 1.29 is 9.59 Å². The Kier molecular flexibility index (Phi) is 5.16. The highest BCUT2D eigenvalue weighted by Gasteiger charge is 2.46. The SMILES string of the molecule is CCN1CC2(CCN(C(=O)c3ccccn3)CC2)CC(c2ccccc2)C1=O. The highest BCUT2D eigenvalue weighted by molar-refractivity contribution is 5.92. The van der Waals surface area contributed by atoms with Gasteiger partial charge in [0.25, 0.3) is 5.91 Å². The number of amides is 2. The molecule has 2 aromatic rings. The fraction of sp³-hybridized carbons (Fsp3) is 0.435. The fourth-order valence-electron chi connectivity index (χ4n) is 4.70. The summed E-state index contributed by atoms with van der Waals surface area (Å²) >= 11 is 0. The van der Waals surface area contributed by atoms with Gasteiger partial charge in [-0.15, -0.1) is 0 Å². The highest BCUT2D eigenvalue weighted by atomic mass is 16.2. The van der Waals surface area contributed by atoms with Crippen LogP contribution in [0.3, 0.4) is 0 Å². The normalized spacial score (nSPS) is 21.8. The molecule has 2 amide bonds. The van der Waals surface area contributed by atoms with Crippen LogP contribution >= 0.6 is 0 Å². The molecule has 0 N–H and O–H groups in total. The molecular formula is C23H27N3O2. The second kappa shape index (κ2) is 7.74. The van der Waals surface area contributed by atoms with Gasteiger partial charge < -0.3 is 9.80 Å². The predicted molar refractivity (Wildman–Crippen MR) is 108 cm³/mol. The van der Waals surface area contributed by atoms with Crippen molar-refractivity contribution >= 4 is 11.8 Å². The summed E-state index contributed by atoms with van der Waals surface area (Å²) in [6, 6.07) is 15.6. The Morgan fingerprint density at radius 2 is 1.82 bits per heavy atom. The van der Waals surface area contributed by atoms with E-state index < -0.39 is 0 Å². The monoisotopic (exact) mass is 377 g/mol. The van der Waals surface area contributed by atoms with E-state index in [4.69, 9.17) is 0 Å². The number of carbonyl (C=O) groups excluding carboxylic acids is 2. The van der Waals surface area contributed by atoms with E-state index >= 15 is 0 Å².